The van der Waals surface area contributed by atoms with Crippen molar-refractivity contribution in [2.75, 3.05) is 5.73 Å². The number of aryl methyl sites for hydroxylation is 1. The van der Waals surface area contributed by atoms with Crippen molar-refractivity contribution in [3.05, 3.63) is 16.0 Å². The van der Waals surface area contributed by atoms with Gasteiger partial charge in [0, 0.05) is 0 Å². The van der Waals surface area contributed by atoms with Crippen LogP contribution in [0.1, 0.15) is 5.69 Å². The fourth-order valence-electron chi connectivity index (χ4n) is 0.856. The summed E-state index contributed by atoms with van der Waals surface area (Å²) in [5.41, 5.74) is 5.45. The second kappa shape index (κ2) is 2.03. The monoisotopic (exact) mass is 166 g/mol. The minimum Gasteiger partial charge on any atom is -0.366 e. The van der Waals surface area contributed by atoms with Gasteiger partial charge in [0.2, 0.25) is 5.95 Å². The normalized spacial score (nSPS) is 10.8. The molecule has 2 aromatic rings. The van der Waals surface area contributed by atoms with Crippen molar-refractivity contribution in [3.63, 3.8) is 0 Å². The van der Waals surface area contributed by atoms with Gasteiger partial charge in [-0.1, -0.05) is 0 Å². The van der Waals surface area contributed by atoms with E-state index in [2.05, 4.69) is 20.3 Å². The van der Waals surface area contributed by atoms with Gasteiger partial charge >= 0.3 is 0 Å². The van der Waals surface area contributed by atoms with Crippen LogP contribution in [-0.2, 0) is 0 Å². The summed E-state index contributed by atoms with van der Waals surface area (Å²) in [6.45, 7) is 1.58. The van der Waals surface area contributed by atoms with Gasteiger partial charge in [0.1, 0.15) is 5.69 Å². The summed E-state index contributed by atoms with van der Waals surface area (Å²) in [6, 6.07) is 0. The first-order chi connectivity index (χ1) is 5.68. The Morgan fingerprint density at radius 3 is 3.00 bits per heavy atom. The van der Waals surface area contributed by atoms with Crippen molar-refractivity contribution in [1.29, 1.82) is 0 Å². The number of nitrogens with two attached hydrogens (primary N) is 1. The molecule has 0 atom stereocenters. The van der Waals surface area contributed by atoms with Crippen molar-refractivity contribution in [3.8, 4) is 0 Å². The zero-order valence-corrected chi connectivity index (χ0v) is 6.27. The minimum absolute atomic E-state index is 0.157. The first-order valence-corrected chi connectivity index (χ1v) is 3.26. The van der Waals surface area contributed by atoms with E-state index in [1.165, 1.54) is 4.52 Å². The van der Waals surface area contributed by atoms with Gasteiger partial charge in [0.05, 0.1) is 0 Å². The second-order valence-electron chi connectivity index (χ2n) is 2.33. The van der Waals surface area contributed by atoms with E-state index in [1.807, 2.05) is 0 Å². The highest BCUT2D eigenvalue weighted by Crippen LogP contribution is 1.95. The lowest BCUT2D eigenvalue weighted by Gasteiger charge is -1.92. The average molecular weight is 166 g/mol. The smallest absolute Gasteiger partial charge is 0.273 e. The Morgan fingerprint density at radius 1 is 1.50 bits per heavy atom. The van der Waals surface area contributed by atoms with Gasteiger partial charge in [-0.25, -0.2) is 0 Å². The molecule has 2 heterocycles. The molecule has 7 nitrogen and oxygen atoms in total. The van der Waals surface area contributed by atoms with Crippen molar-refractivity contribution < 1.29 is 0 Å². The average Bonchev–Trinajstić information content (AvgIpc) is 2.35. The molecule has 0 aliphatic heterocycles. The number of H-pyrrole nitrogens is 1. The minimum atomic E-state index is -0.282. The number of fused-ring (bicyclic) bond motifs is 1. The zero-order chi connectivity index (χ0) is 8.72. The Morgan fingerprint density at radius 2 is 2.25 bits per heavy atom. The number of hydrogen-bond donors (Lipinski definition) is 2. The second-order valence-corrected chi connectivity index (χ2v) is 2.33. The molecular weight excluding hydrogens is 160 g/mol. The highest BCUT2D eigenvalue weighted by molar-refractivity contribution is 5.32. The maximum Gasteiger partial charge on any atom is 0.273 e. The lowest BCUT2D eigenvalue weighted by molar-refractivity contribution is 0.857. The molecule has 0 amide bonds. The maximum atomic E-state index is 11.0. The number of nitrogens with one attached hydrogen (secondary N) is 1. The highest BCUT2D eigenvalue weighted by Gasteiger charge is 2.04. The van der Waals surface area contributed by atoms with Crippen LogP contribution in [0, 0.1) is 6.92 Å². The summed E-state index contributed by atoms with van der Waals surface area (Å²) in [4.78, 5) is 13.5. The van der Waals surface area contributed by atoms with Crippen molar-refractivity contribution >= 4 is 11.7 Å². The summed E-state index contributed by atoms with van der Waals surface area (Å²) in [6.07, 6.45) is 0. The van der Waals surface area contributed by atoms with E-state index in [1.54, 1.807) is 6.92 Å². The molecule has 0 radical (unpaired) electrons. The van der Waals surface area contributed by atoms with E-state index in [-0.39, 0.29) is 17.3 Å². The molecule has 12 heavy (non-hydrogen) atoms. The van der Waals surface area contributed by atoms with Gasteiger partial charge in [0.25, 0.3) is 11.3 Å². The summed E-state index contributed by atoms with van der Waals surface area (Å²) >= 11 is 0. The molecular formula is C5H6N6O. The molecule has 0 bridgehead atoms. The van der Waals surface area contributed by atoms with Crippen molar-refractivity contribution in [1.82, 2.24) is 24.8 Å². The van der Waals surface area contributed by atoms with E-state index in [4.69, 9.17) is 5.73 Å². The summed E-state index contributed by atoms with van der Waals surface area (Å²) in [7, 11) is 0. The van der Waals surface area contributed by atoms with E-state index in [0.29, 0.717) is 5.69 Å². The van der Waals surface area contributed by atoms with Gasteiger partial charge in [-0.15, -0.1) is 10.2 Å². The number of aromatic amines is 1. The molecule has 2 aromatic heterocycles. The number of anilines is 1. The quantitative estimate of drug-likeness (QED) is 0.506. The van der Waals surface area contributed by atoms with E-state index >= 15 is 0 Å². The SMILES string of the molecule is Cc1nn2c(N)nnc2[nH]c1=O. The van der Waals surface area contributed by atoms with Crippen LogP contribution in [0.25, 0.3) is 5.78 Å². The Hall–Kier alpha value is -1.92. The van der Waals surface area contributed by atoms with Gasteiger partial charge < -0.3 is 5.73 Å². The molecule has 0 saturated carbocycles. The summed E-state index contributed by atoms with van der Waals surface area (Å²) in [5.74, 6) is 0.410. The summed E-state index contributed by atoms with van der Waals surface area (Å²) < 4.78 is 1.27. The van der Waals surface area contributed by atoms with Crippen LogP contribution in [-0.4, -0.2) is 24.8 Å². The number of rotatable bonds is 0. The predicted octanol–water partition coefficient (Wildman–Crippen LogP) is -1.30. The molecule has 0 aliphatic carbocycles. The Balaban J connectivity index is 2.97. The maximum absolute atomic E-state index is 11.0. The lowest BCUT2D eigenvalue weighted by Crippen LogP contribution is -2.15. The van der Waals surface area contributed by atoms with E-state index < -0.39 is 0 Å². The topological polar surface area (TPSA) is 102 Å². The molecule has 0 spiro atoms. The van der Waals surface area contributed by atoms with Crippen LogP contribution in [0.4, 0.5) is 5.95 Å². The predicted molar refractivity (Wildman–Crippen MR) is 40.6 cm³/mol. The largest absolute Gasteiger partial charge is 0.366 e. The Bertz CT molecular complexity index is 482. The highest BCUT2D eigenvalue weighted by atomic mass is 16.1. The lowest BCUT2D eigenvalue weighted by atomic mass is 10.5. The zero-order valence-electron chi connectivity index (χ0n) is 6.27. The molecule has 0 saturated heterocycles. The Kier molecular flexibility index (Phi) is 1.15. The van der Waals surface area contributed by atoms with Gasteiger partial charge in [0.15, 0.2) is 0 Å². The van der Waals surface area contributed by atoms with Gasteiger partial charge in [-0.05, 0) is 6.92 Å². The van der Waals surface area contributed by atoms with Crippen LogP contribution in [0.5, 0.6) is 0 Å². The van der Waals surface area contributed by atoms with Crippen molar-refractivity contribution in [2.24, 2.45) is 0 Å². The van der Waals surface area contributed by atoms with Crippen LogP contribution in [0.15, 0.2) is 4.79 Å². The first-order valence-electron chi connectivity index (χ1n) is 3.26. The molecule has 0 aliphatic rings. The first kappa shape index (κ1) is 6.77. The molecule has 0 unspecified atom stereocenters. The van der Waals surface area contributed by atoms with E-state index in [9.17, 15) is 4.79 Å². The standard InChI is InChI=1S/C5H6N6O/c1-2-3(12)7-5-9-8-4(6)11(5)10-2/h1H3,(H2,6,8)(H,7,9,12). The molecule has 0 aromatic carbocycles. The van der Waals surface area contributed by atoms with E-state index in [0.717, 1.165) is 0 Å². The fourth-order valence-corrected chi connectivity index (χ4v) is 0.856. The summed E-state index contributed by atoms with van der Waals surface area (Å²) in [5, 5.41) is 11.0. The van der Waals surface area contributed by atoms with Crippen LogP contribution in [0.3, 0.4) is 0 Å². The van der Waals surface area contributed by atoms with Gasteiger partial charge in [-0.3, -0.25) is 9.78 Å². The number of nitrogens with zero attached hydrogens (tertiary/aromatic N) is 4. The van der Waals surface area contributed by atoms with Crippen LogP contribution < -0.4 is 11.3 Å². The number of nitrogen functional groups attached to an aromatic ring is 1. The van der Waals surface area contributed by atoms with Crippen LogP contribution in [0.2, 0.25) is 0 Å². The van der Waals surface area contributed by atoms with Crippen LogP contribution >= 0.6 is 0 Å². The van der Waals surface area contributed by atoms with Crippen molar-refractivity contribution in [2.45, 2.75) is 6.92 Å². The third-order valence-electron chi connectivity index (χ3n) is 1.47. The van der Waals surface area contributed by atoms with Gasteiger partial charge in [-0.2, -0.15) is 9.61 Å². The molecule has 62 valence electrons. The molecule has 2 rings (SSSR count). The molecule has 7 heteroatoms. The fraction of sp³-hybridized carbons (Fsp3) is 0.200. The number of aromatic nitrogens is 5. The molecule has 0 fully saturated rings. The Labute approximate surface area is 66.2 Å². The molecule has 3 N–H and O–H groups in total. The third kappa shape index (κ3) is 0.760. The number of hydrogen-bond acceptors (Lipinski definition) is 5. The third-order valence-corrected chi connectivity index (χ3v) is 1.47.